The third-order valence-corrected chi connectivity index (χ3v) is 2.29. The summed E-state index contributed by atoms with van der Waals surface area (Å²) in [5.41, 5.74) is 0.425. The third kappa shape index (κ3) is 9.77. The van der Waals surface area contributed by atoms with Gasteiger partial charge in [-0.15, -0.1) is 0 Å². The summed E-state index contributed by atoms with van der Waals surface area (Å²) < 4.78 is 5.10. The van der Waals surface area contributed by atoms with Crippen LogP contribution in [0.25, 0.3) is 0 Å². The molecule has 0 spiro atoms. The van der Waals surface area contributed by atoms with E-state index in [1.54, 1.807) is 0 Å². The molecule has 0 aromatic heterocycles. The molecule has 0 N–H and O–H groups in total. The quantitative estimate of drug-likeness (QED) is 0.496. The molecule has 0 aromatic rings. The highest BCUT2D eigenvalue weighted by molar-refractivity contribution is 5.71. The third-order valence-electron chi connectivity index (χ3n) is 2.29. The Kier molecular flexibility index (Phi) is 6.62. The Morgan fingerprint density at radius 1 is 1.13 bits per heavy atom. The second kappa shape index (κ2) is 6.86. The van der Waals surface area contributed by atoms with E-state index in [1.165, 1.54) is 12.8 Å². The number of hydrogen-bond acceptors (Lipinski definition) is 2. The maximum absolute atomic E-state index is 11.1. The lowest BCUT2D eigenvalue weighted by Gasteiger charge is -2.17. The lowest BCUT2D eigenvalue weighted by atomic mass is 9.89. The predicted molar refractivity (Wildman–Crippen MR) is 63.7 cm³/mol. The van der Waals surface area contributed by atoms with E-state index < -0.39 is 0 Å². The van der Waals surface area contributed by atoms with Gasteiger partial charge >= 0.3 is 5.97 Å². The van der Waals surface area contributed by atoms with Crippen LogP contribution in [0.1, 0.15) is 60.3 Å². The van der Waals surface area contributed by atoms with Crippen molar-refractivity contribution in [2.45, 2.75) is 60.3 Å². The fourth-order valence-corrected chi connectivity index (χ4v) is 1.27. The first-order chi connectivity index (χ1) is 6.83. The highest BCUT2D eigenvalue weighted by Gasteiger charge is 2.09. The molecule has 2 heteroatoms. The molecule has 0 aromatic carbocycles. The maximum Gasteiger partial charge on any atom is 0.308 e. The number of esters is 1. The van der Waals surface area contributed by atoms with Gasteiger partial charge in [-0.05, 0) is 18.3 Å². The topological polar surface area (TPSA) is 26.3 Å². The Balaban J connectivity index is 3.30. The summed E-state index contributed by atoms with van der Waals surface area (Å²) in [7, 11) is 0. The Morgan fingerprint density at radius 2 is 1.73 bits per heavy atom. The second-order valence-electron chi connectivity index (χ2n) is 5.69. The maximum atomic E-state index is 11.1. The Bertz CT molecular complexity index is 177. The smallest absolute Gasteiger partial charge is 0.308 e. The first-order valence-electron chi connectivity index (χ1n) is 5.99. The molecule has 90 valence electrons. The number of ether oxygens (including phenoxy) is 1. The summed E-state index contributed by atoms with van der Waals surface area (Å²) in [6, 6.07) is 0. The lowest BCUT2D eigenvalue weighted by Crippen LogP contribution is -2.12. The number of carbonyl (C=O) groups is 1. The lowest BCUT2D eigenvalue weighted by molar-refractivity contribution is -0.147. The fourth-order valence-electron chi connectivity index (χ4n) is 1.27. The van der Waals surface area contributed by atoms with Crippen molar-refractivity contribution in [3.63, 3.8) is 0 Å². The summed E-state index contributed by atoms with van der Waals surface area (Å²) >= 11 is 0. The molecule has 15 heavy (non-hydrogen) atoms. The molecule has 0 unspecified atom stereocenters. The van der Waals surface area contributed by atoms with Gasteiger partial charge < -0.3 is 4.74 Å². The van der Waals surface area contributed by atoms with Crippen LogP contribution in [0.4, 0.5) is 0 Å². The normalized spacial score (nSPS) is 11.9. The second-order valence-corrected chi connectivity index (χ2v) is 5.69. The Labute approximate surface area is 94.4 Å². The van der Waals surface area contributed by atoms with Gasteiger partial charge in [0.15, 0.2) is 0 Å². The first kappa shape index (κ1) is 14.5. The summed E-state index contributed by atoms with van der Waals surface area (Å²) in [5, 5.41) is 0. The van der Waals surface area contributed by atoms with Gasteiger partial charge in [0.2, 0.25) is 0 Å². The molecule has 0 aliphatic heterocycles. The van der Waals surface area contributed by atoms with Crippen molar-refractivity contribution in [1.82, 2.24) is 0 Å². The van der Waals surface area contributed by atoms with Gasteiger partial charge in [0.1, 0.15) is 0 Å². The van der Waals surface area contributed by atoms with Crippen LogP contribution >= 0.6 is 0 Å². The average Bonchev–Trinajstić information content (AvgIpc) is 2.08. The van der Waals surface area contributed by atoms with E-state index in [0.29, 0.717) is 12.0 Å². The molecule has 2 nitrogen and oxygen atoms in total. The van der Waals surface area contributed by atoms with Crippen molar-refractivity contribution in [3.8, 4) is 0 Å². The van der Waals surface area contributed by atoms with Gasteiger partial charge in [0.25, 0.3) is 0 Å². The molecule has 0 rings (SSSR count). The standard InChI is InChI=1S/C13H26O2/c1-11(2)12(14)15-10-8-6-7-9-13(3,4)5/h11H,6-10H2,1-5H3. The minimum Gasteiger partial charge on any atom is -0.465 e. The van der Waals surface area contributed by atoms with Crippen molar-refractivity contribution in [1.29, 1.82) is 0 Å². The van der Waals surface area contributed by atoms with Gasteiger partial charge in [-0.25, -0.2) is 0 Å². The van der Waals surface area contributed by atoms with E-state index in [0.717, 1.165) is 12.8 Å². The first-order valence-corrected chi connectivity index (χ1v) is 5.99. The van der Waals surface area contributed by atoms with Crippen LogP contribution in [-0.4, -0.2) is 12.6 Å². The number of hydrogen-bond donors (Lipinski definition) is 0. The minimum atomic E-state index is -0.0779. The van der Waals surface area contributed by atoms with E-state index in [1.807, 2.05) is 13.8 Å². The van der Waals surface area contributed by atoms with Crippen LogP contribution in [0.3, 0.4) is 0 Å². The molecule has 0 radical (unpaired) electrons. The molecule has 0 aliphatic rings. The zero-order chi connectivity index (χ0) is 11.9. The van der Waals surface area contributed by atoms with Crippen molar-refractivity contribution < 1.29 is 9.53 Å². The van der Waals surface area contributed by atoms with Crippen LogP contribution in [-0.2, 0) is 9.53 Å². The minimum absolute atomic E-state index is 0.000393. The molecule has 0 atom stereocenters. The van der Waals surface area contributed by atoms with E-state index in [4.69, 9.17) is 4.74 Å². The highest BCUT2D eigenvalue weighted by Crippen LogP contribution is 2.21. The van der Waals surface area contributed by atoms with Crippen LogP contribution in [0.5, 0.6) is 0 Å². The molecular formula is C13H26O2. The molecule has 0 saturated heterocycles. The van der Waals surface area contributed by atoms with Crippen molar-refractivity contribution in [2.24, 2.45) is 11.3 Å². The summed E-state index contributed by atoms with van der Waals surface area (Å²) in [4.78, 5) is 11.1. The molecule has 0 bridgehead atoms. The predicted octanol–water partition coefficient (Wildman–Crippen LogP) is 3.79. The summed E-state index contributed by atoms with van der Waals surface area (Å²) in [5.74, 6) is -0.0783. The number of rotatable bonds is 6. The van der Waals surface area contributed by atoms with Crippen LogP contribution < -0.4 is 0 Å². The monoisotopic (exact) mass is 214 g/mol. The van der Waals surface area contributed by atoms with E-state index >= 15 is 0 Å². The van der Waals surface area contributed by atoms with Crippen molar-refractivity contribution >= 4 is 5.97 Å². The highest BCUT2D eigenvalue weighted by atomic mass is 16.5. The van der Waals surface area contributed by atoms with Crippen LogP contribution in [0.15, 0.2) is 0 Å². The summed E-state index contributed by atoms with van der Waals surface area (Å²) in [6.45, 7) is 11.1. The van der Waals surface area contributed by atoms with Gasteiger partial charge in [-0.2, -0.15) is 0 Å². The molecule has 0 amide bonds. The molecule has 0 heterocycles. The molecule has 0 fully saturated rings. The summed E-state index contributed by atoms with van der Waals surface area (Å²) in [6.07, 6.45) is 4.62. The fraction of sp³-hybridized carbons (Fsp3) is 0.923. The molecule has 0 aliphatic carbocycles. The largest absolute Gasteiger partial charge is 0.465 e. The van der Waals surface area contributed by atoms with Gasteiger partial charge in [0.05, 0.1) is 12.5 Å². The Morgan fingerprint density at radius 3 is 2.20 bits per heavy atom. The Hall–Kier alpha value is -0.530. The molecular weight excluding hydrogens is 188 g/mol. The van der Waals surface area contributed by atoms with E-state index in [2.05, 4.69) is 20.8 Å². The van der Waals surface area contributed by atoms with Gasteiger partial charge in [-0.3, -0.25) is 4.79 Å². The van der Waals surface area contributed by atoms with Crippen molar-refractivity contribution in [2.75, 3.05) is 6.61 Å². The zero-order valence-electron chi connectivity index (χ0n) is 10.9. The molecule has 0 saturated carbocycles. The number of unbranched alkanes of at least 4 members (excludes halogenated alkanes) is 2. The average molecular weight is 214 g/mol. The van der Waals surface area contributed by atoms with Gasteiger partial charge in [0, 0.05) is 0 Å². The van der Waals surface area contributed by atoms with E-state index in [9.17, 15) is 4.79 Å². The number of carbonyl (C=O) groups excluding carboxylic acids is 1. The zero-order valence-corrected chi connectivity index (χ0v) is 10.9. The SMILES string of the molecule is CC(C)C(=O)OCCCCCC(C)(C)C. The van der Waals surface area contributed by atoms with Crippen LogP contribution in [0, 0.1) is 11.3 Å². The van der Waals surface area contributed by atoms with Gasteiger partial charge in [-0.1, -0.05) is 47.5 Å². The van der Waals surface area contributed by atoms with Crippen molar-refractivity contribution in [3.05, 3.63) is 0 Å². The van der Waals surface area contributed by atoms with Crippen LogP contribution in [0.2, 0.25) is 0 Å². The van der Waals surface area contributed by atoms with E-state index in [-0.39, 0.29) is 11.9 Å².